The predicted molar refractivity (Wildman–Crippen MR) is 82.6 cm³/mol. The van der Waals surface area contributed by atoms with Crippen molar-refractivity contribution in [3.63, 3.8) is 0 Å². The van der Waals surface area contributed by atoms with E-state index in [1.807, 2.05) is 0 Å². The van der Waals surface area contributed by atoms with E-state index in [1.165, 1.54) is 13.0 Å². The third-order valence-corrected chi connectivity index (χ3v) is 3.24. The molecule has 2 aromatic rings. The van der Waals surface area contributed by atoms with E-state index in [-0.39, 0.29) is 52.2 Å². The van der Waals surface area contributed by atoms with Crippen molar-refractivity contribution >= 4 is 29.0 Å². The fourth-order valence-corrected chi connectivity index (χ4v) is 2.10. The highest BCUT2D eigenvalue weighted by atomic mass is 35.5. The molecule has 2 rings (SSSR count). The van der Waals surface area contributed by atoms with Gasteiger partial charge in [0.2, 0.25) is 5.91 Å². The lowest BCUT2D eigenvalue weighted by atomic mass is 10.1. The molecule has 0 bridgehead atoms. The van der Waals surface area contributed by atoms with E-state index in [2.05, 4.69) is 10.5 Å². The number of ketones is 1. The normalized spacial score (nSPS) is 10.6. The number of phenols is 2. The maximum atomic E-state index is 12.0. The Morgan fingerprint density at radius 3 is 2.65 bits per heavy atom. The Morgan fingerprint density at radius 1 is 1.35 bits per heavy atom. The van der Waals surface area contributed by atoms with Crippen LogP contribution in [-0.4, -0.2) is 33.6 Å². The molecular weight excluding hydrogens is 326 g/mol. The Balaban J connectivity index is 2.61. The number of benzene rings is 1. The Morgan fingerprint density at radius 2 is 2.04 bits per heavy atom. The molecule has 5 N–H and O–H groups in total. The van der Waals surface area contributed by atoms with E-state index in [0.29, 0.717) is 0 Å². The van der Waals surface area contributed by atoms with Gasteiger partial charge in [-0.2, -0.15) is 0 Å². The molecule has 9 heteroatoms. The average Bonchev–Trinajstić information content (AvgIpc) is 2.86. The molecule has 122 valence electrons. The Bertz CT molecular complexity index is 772. The van der Waals surface area contributed by atoms with E-state index in [0.717, 1.165) is 6.07 Å². The smallest absolute Gasteiger partial charge is 0.221 e. The molecule has 0 spiro atoms. The number of Topliss-reactive ketones (excluding diaryl/α,β-unsaturated/α-hetero) is 1. The average molecular weight is 340 g/mol. The fraction of sp³-hybridized carbons (Fsp3) is 0.214. The number of aromatic hydroxyl groups is 2. The Kier molecular flexibility index (Phi) is 4.87. The highest BCUT2D eigenvalue weighted by Gasteiger charge is 2.25. The minimum atomic E-state index is -0.458. The molecule has 1 amide bonds. The molecule has 23 heavy (non-hydrogen) atoms. The van der Waals surface area contributed by atoms with E-state index in [4.69, 9.17) is 21.9 Å². The molecule has 0 aliphatic carbocycles. The van der Waals surface area contributed by atoms with Crippen LogP contribution < -0.4 is 11.1 Å². The molecule has 0 saturated heterocycles. The quantitative estimate of drug-likeness (QED) is 0.610. The van der Waals surface area contributed by atoms with Crippen molar-refractivity contribution in [3.8, 4) is 22.8 Å². The number of amides is 1. The van der Waals surface area contributed by atoms with Crippen molar-refractivity contribution in [2.24, 2.45) is 5.73 Å². The molecular formula is C14H14ClN3O5. The second-order valence-electron chi connectivity index (χ2n) is 4.70. The summed E-state index contributed by atoms with van der Waals surface area (Å²) in [6.07, 6.45) is 0.0148. The van der Waals surface area contributed by atoms with Crippen molar-refractivity contribution in [2.45, 2.75) is 13.3 Å². The van der Waals surface area contributed by atoms with Gasteiger partial charge in [-0.15, -0.1) is 0 Å². The minimum absolute atomic E-state index is 0.00741. The monoisotopic (exact) mass is 339 g/mol. The zero-order chi connectivity index (χ0) is 17.1. The lowest BCUT2D eigenvalue weighted by Gasteiger charge is -2.07. The van der Waals surface area contributed by atoms with Gasteiger partial charge in [0.1, 0.15) is 17.2 Å². The topological polar surface area (TPSA) is 139 Å². The molecule has 0 unspecified atom stereocenters. The summed E-state index contributed by atoms with van der Waals surface area (Å²) in [4.78, 5) is 23.4. The number of halogens is 1. The Hall–Kier alpha value is -2.58. The standard InChI is InChI=1S/C14H14ClN3O5/c1-6(19)17-13-12(9(20)2-3-16)18-23-14(13)7-4-8(15)11(22)5-10(7)21/h4-5,21-22H,2-3,16H2,1H3,(H,17,19). The van der Waals surface area contributed by atoms with Gasteiger partial charge in [0.15, 0.2) is 17.2 Å². The number of carbonyl (C=O) groups excluding carboxylic acids is 2. The highest BCUT2D eigenvalue weighted by Crippen LogP contribution is 2.41. The highest BCUT2D eigenvalue weighted by molar-refractivity contribution is 6.32. The first-order chi connectivity index (χ1) is 10.8. The number of anilines is 1. The van der Waals surface area contributed by atoms with Crippen LogP contribution in [0, 0.1) is 0 Å². The SMILES string of the molecule is CC(=O)Nc1c(C(=O)CCN)noc1-c1cc(Cl)c(O)cc1O. The number of rotatable bonds is 5. The molecule has 0 radical (unpaired) electrons. The number of nitrogens with zero attached hydrogens (tertiary/aromatic N) is 1. The van der Waals surface area contributed by atoms with Gasteiger partial charge in [-0.1, -0.05) is 16.8 Å². The van der Waals surface area contributed by atoms with Gasteiger partial charge in [-0.05, 0) is 12.6 Å². The summed E-state index contributed by atoms with van der Waals surface area (Å²) in [5.74, 6) is -1.61. The number of aromatic nitrogens is 1. The zero-order valence-electron chi connectivity index (χ0n) is 12.1. The number of carbonyl (C=O) groups is 2. The Labute approximate surface area is 135 Å². The number of hydrogen-bond acceptors (Lipinski definition) is 7. The molecule has 0 aliphatic rings. The molecule has 1 aromatic carbocycles. The van der Waals surface area contributed by atoms with Gasteiger partial charge in [0.25, 0.3) is 0 Å². The predicted octanol–water partition coefficient (Wildman–Crippen LogP) is 1.90. The molecule has 0 aliphatic heterocycles. The first kappa shape index (κ1) is 16.8. The maximum absolute atomic E-state index is 12.0. The van der Waals surface area contributed by atoms with Crippen molar-refractivity contribution < 1.29 is 24.3 Å². The number of nitrogens with two attached hydrogens (primary N) is 1. The molecule has 0 fully saturated rings. The lowest BCUT2D eigenvalue weighted by Crippen LogP contribution is -2.13. The van der Waals surface area contributed by atoms with Crippen LogP contribution in [-0.2, 0) is 4.79 Å². The summed E-state index contributed by atoms with van der Waals surface area (Å²) in [6, 6.07) is 2.24. The van der Waals surface area contributed by atoms with Crippen LogP contribution >= 0.6 is 11.6 Å². The van der Waals surface area contributed by atoms with Crippen LogP contribution in [0.15, 0.2) is 16.7 Å². The largest absolute Gasteiger partial charge is 0.507 e. The van der Waals surface area contributed by atoms with Crippen LogP contribution in [0.5, 0.6) is 11.5 Å². The first-order valence-electron chi connectivity index (χ1n) is 6.57. The number of hydrogen-bond donors (Lipinski definition) is 4. The molecule has 1 aromatic heterocycles. The lowest BCUT2D eigenvalue weighted by molar-refractivity contribution is -0.114. The van der Waals surface area contributed by atoms with Gasteiger partial charge in [-0.3, -0.25) is 9.59 Å². The van der Waals surface area contributed by atoms with E-state index in [9.17, 15) is 19.8 Å². The second-order valence-corrected chi connectivity index (χ2v) is 5.11. The fourth-order valence-electron chi connectivity index (χ4n) is 1.94. The number of phenolic OH excluding ortho intramolecular Hbond substituents is 2. The summed E-state index contributed by atoms with van der Waals surface area (Å²) in [5, 5.41) is 25.5. The second kappa shape index (κ2) is 6.67. The molecule has 8 nitrogen and oxygen atoms in total. The van der Waals surface area contributed by atoms with Crippen LogP contribution in [0.1, 0.15) is 23.8 Å². The molecule has 0 atom stereocenters. The summed E-state index contributed by atoms with van der Waals surface area (Å²) in [5.41, 5.74) is 5.31. The summed E-state index contributed by atoms with van der Waals surface area (Å²) in [6.45, 7) is 1.36. The number of nitrogens with one attached hydrogen (secondary N) is 1. The van der Waals surface area contributed by atoms with E-state index in [1.54, 1.807) is 0 Å². The maximum Gasteiger partial charge on any atom is 0.221 e. The van der Waals surface area contributed by atoms with Crippen molar-refractivity contribution in [3.05, 3.63) is 22.8 Å². The van der Waals surface area contributed by atoms with Crippen molar-refractivity contribution in [1.82, 2.24) is 5.16 Å². The van der Waals surface area contributed by atoms with Gasteiger partial charge < -0.3 is 25.8 Å². The third kappa shape index (κ3) is 3.43. The third-order valence-electron chi connectivity index (χ3n) is 2.94. The van der Waals surface area contributed by atoms with Crippen molar-refractivity contribution in [1.29, 1.82) is 0 Å². The van der Waals surface area contributed by atoms with Crippen LogP contribution in [0.3, 0.4) is 0 Å². The summed E-state index contributed by atoms with van der Waals surface area (Å²) in [7, 11) is 0. The van der Waals surface area contributed by atoms with E-state index < -0.39 is 11.7 Å². The van der Waals surface area contributed by atoms with Crippen LogP contribution in [0.2, 0.25) is 5.02 Å². The molecule has 0 saturated carbocycles. The minimum Gasteiger partial charge on any atom is -0.507 e. The first-order valence-corrected chi connectivity index (χ1v) is 6.95. The van der Waals surface area contributed by atoms with Crippen molar-refractivity contribution in [2.75, 3.05) is 11.9 Å². The zero-order valence-corrected chi connectivity index (χ0v) is 12.8. The molecule has 1 heterocycles. The van der Waals surface area contributed by atoms with Crippen LogP contribution in [0.4, 0.5) is 5.69 Å². The summed E-state index contributed by atoms with van der Waals surface area (Å²) < 4.78 is 5.10. The van der Waals surface area contributed by atoms with Gasteiger partial charge in [0, 0.05) is 19.4 Å². The summed E-state index contributed by atoms with van der Waals surface area (Å²) >= 11 is 5.82. The van der Waals surface area contributed by atoms with Gasteiger partial charge >= 0.3 is 0 Å². The van der Waals surface area contributed by atoms with E-state index >= 15 is 0 Å². The van der Waals surface area contributed by atoms with Crippen LogP contribution in [0.25, 0.3) is 11.3 Å². The van der Waals surface area contributed by atoms with Gasteiger partial charge in [-0.25, -0.2) is 0 Å². The van der Waals surface area contributed by atoms with Gasteiger partial charge in [0.05, 0.1) is 10.6 Å².